The third-order valence-electron chi connectivity index (χ3n) is 7.04. The highest BCUT2D eigenvalue weighted by molar-refractivity contribution is 5.91. The predicted octanol–water partition coefficient (Wildman–Crippen LogP) is 3.41. The van der Waals surface area contributed by atoms with E-state index in [4.69, 9.17) is 4.52 Å². The van der Waals surface area contributed by atoms with Crippen LogP contribution in [0.5, 0.6) is 0 Å². The number of carbonyl (C=O) groups excluding carboxylic acids is 1. The summed E-state index contributed by atoms with van der Waals surface area (Å²) >= 11 is 0. The number of piperidine rings is 2. The van der Waals surface area contributed by atoms with Gasteiger partial charge in [0.25, 0.3) is 5.91 Å². The van der Waals surface area contributed by atoms with Gasteiger partial charge in [0.05, 0.1) is 6.20 Å². The number of hydrogen-bond donors (Lipinski definition) is 1. The van der Waals surface area contributed by atoms with Crippen LogP contribution in [0, 0.1) is 5.41 Å². The number of hydrogen-bond acceptors (Lipinski definition) is 5. The molecule has 6 heteroatoms. The summed E-state index contributed by atoms with van der Waals surface area (Å²) in [4.78, 5) is 17.7. The van der Waals surface area contributed by atoms with Crippen molar-refractivity contribution in [2.24, 2.45) is 5.41 Å². The van der Waals surface area contributed by atoms with Crippen molar-refractivity contribution in [3.05, 3.63) is 53.5 Å². The molecule has 6 nitrogen and oxygen atoms in total. The van der Waals surface area contributed by atoms with Crippen molar-refractivity contribution in [2.75, 3.05) is 39.3 Å². The molecule has 30 heavy (non-hydrogen) atoms. The van der Waals surface area contributed by atoms with Crippen LogP contribution in [0.1, 0.15) is 50.1 Å². The highest BCUT2D eigenvalue weighted by Gasteiger charge is 2.44. The van der Waals surface area contributed by atoms with Crippen LogP contribution in [0.15, 0.2) is 52.2 Å². The zero-order valence-electron chi connectivity index (χ0n) is 18.3. The van der Waals surface area contributed by atoms with Crippen LogP contribution in [0.25, 0.3) is 0 Å². The number of carbonyl (C=O) groups is 1. The van der Waals surface area contributed by atoms with Crippen LogP contribution in [-0.4, -0.2) is 66.2 Å². The number of allylic oxidation sites excluding steroid dienone is 4. The van der Waals surface area contributed by atoms with E-state index >= 15 is 0 Å². The third kappa shape index (κ3) is 4.30. The summed E-state index contributed by atoms with van der Waals surface area (Å²) in [7, 11) is 0. The maximum Gasteiger partial charge on any atom is 0.292 e. The molecule has 0 saturated carbocycles. The van der Waals surface area contributed by atoms with E-state index in [1.807, 2.05) is 11.8 Å². The van der Waals surface area contributed by atoms with Gasteiger partial charge in [0.1, 0.15) is 0 Å². The standard InChI is InChI=1S/C24H34N4O2/c1-3-4-5-6-21-19(2)17-28(23(29)22-9-14-26-30-22)18-24(21)10-15-27(16-11-24)20-7-12-25-13-8-20/h3-6,9,14,20,25H,7-8,10-13,15-18H2,1-2H3/b4-3-,6-5-. The number of amides is 1. The molecule has 3 aliphatic heterocycles. The number of aromatic nitrogens is 1. The molecule has 4 rings (SSSR count). The molecule has 0 radical (unpaired) electrons. The molecule has 0 aromatic carbocycles. The van der Waals surface area contributed by atoms with Crippen LogP contribution in [0.2, 0.25) is 0 Å². The summed E-state index contributed by atoms with van der Waals surface area (Å²) in [5, 5.41) is 7.20. The monoisotopic (exact) mass is 410 g/mol. The van der Waals surface area contributed by atoms with Crippen molar-refractivity contribution < 1.29 is 9.32 Å². The van der Waals surface area contributed by atoms with Gasteiger partial charge in [-0.1, -0.05) is 35.0 Å². The molecule has 1 aromatic heterocycles. The fourth-order valence-corrected chi connectivity index (χ4v) is 5.45. The minimum Gasteiger partial charge on any atom is -0.351 e. The highest BCUT2D eigenvalue weighted by atomic mass is 16.5. The van der Waals surface area contributed by atoms with Crippen LogP contribution in [0.3, 0.4) is 0 Å². The normalized spacial score (nSPS) is 23.9. The first-order chi connectivity index (χ1) is 14.6. The van der Waals surface area contributed by atoms with E-state index in [1.165, 1.54) is 24.0 Å². The Morgan fingerprint density at radius 2 is 2.03 bits per heavy atom. The Morgan fingerprint density at radius 1 is 1.27 bits per heavy atom. The van der Waals surface area contributed by atoms with Gasteiger partial charge in [-0.15, -0.1) is 0 Å². The first-order valence-electron chi connectivity index (χ1n) is 11.3. The molecule has 0 atom stereocenters. The molecule has 3 aliphatic rings. The van der Waals surface area contributed by atoms with Gasteiger partial charge in [-0.3, -0.25) is 4.79 Å². The summed E-state index contributed by atoms with van der Waals surface area (Å²) in [6, 6.07) is 2.36. The van der Waals surface area contributed by atoms with Gasteiger partial charge in [0, 0.05) is 30.6 Å². The van der Waals surface area contributed by atoms with Gasteiger partial charge < -0.3 is 19.6 Å². The van der Waals surface area contributed by atoms with E-state index < -0.39 is 0 Å². The van der Waals surface area contributed by atoms with Gasteiger partial charge in [0.15, 0.2) is 0 Å². The van der Waals surface area contributed by atoms with Crippen molar-refractivity contribution in [1.82, 2.24) is 20.3 Å². The summed E-state index contributed by atoms with van der Waals surface area (Å²) in [5.74, 6) is 0.279. The summed E-state index contributed by atoms with van der Waals surface area (Å²) in [6.07, 6.45) is 14.8. The van der Waals surface area contributed by atoms with Crippen molar-refractivity contribution in [3.63, 3.8) is 0 Å². The Morgan fingerprint density at radius 3 is 2.70 bits per heavy atom. The second kappa shape index (κ2) is 9.31. The minimum atomic E-state index is -0.0523. The molecule has 162 valence electrons. The van der Waals surface area contributed by atoms with Crippen molar-refractivity contribution in [1.29, 1.82) is 0 Å². The molecule has 1 amide bonds. The van der Waals surface area contributed by atoms with E-state index in [0.29, 0.717) is 18.3 Å². The SMILES string of the molecule is C/C=C\C=C/C1=C(C)CN(C(=O)c2ccno2)CC12CCN(C1CCNCC1)CC2. The van der Waals surface area contributed by atoms with E-state index in [9.17, 15) is 4.79 Å². The molecule has 0 bridgehead atoms. The molecule has 1 N–H and O–H groups in total. The molecular weight excluding hydrogens is 376 g/mol. The molecule has 2 fully saturated rings. The van der Waals surface area contributed by atoms with E-state index in [-0.39, 0.29) is 11.3 Å². The Balaban J connectivity index is 1.57. The molecule has 2 saturated heterocycles. The topological polar surface area (TPSA) is 61.6 Å². The number of rotatable bonds is 4. The number of nitrogens with one attached hydrogen (secondary N) is 1. The van der Waals surface area contributed by atoms with Crippen molar-refractivity contribution >= 4 is 5.91 Å². The van der Waals surface area contributed by atoms with Crippen molar-refractivity contribution in [2.45, 2.75) is 45.6 Å². The zero-order chi connectivity index (χ0) is 21.0. The second-order valence-electron chi connectivity index (χ2n) is 8.91. The van der Waals surface area contributed by atoms with Gasteiger partial charge in [0.2, 0.25) is 5.76 Å². The van der Waals surface area contributed by atoms with E-state index in [0.717, 1.165) is 45.6 Å². The highest BCUT2D eigenvalue weighted by Crippen LogP contribution is 2.45. The van der Waals surface area contributed by atoms with Gasteiger partial charge in [-0.25, -0.2) is 0 Å². The first kappa shape index (κ1) is 21.1. The Bertz CT molecular complexity index is 810. The smallest absolute Gasteiger partial charge is 0.292 e. The summed E-state index contributed by atoms with van der Waals surface area (Å²) in [6.45, 7) is 10.1. The van der Waals surface area contributed by atoms with Crippen LogP contribution in [-0.2, 0) is 0 Å². The largest absolute Gasteiger partial charge is 0.351 e. The number of nitrogens with zero attached hydrogens (tertiary/aromatic N) is 3. The van der Waals surface area contributed by atoms with Crippen molar-refractivity contribution in [3.8, 4) is 0 Å². The van der Waals surface area contributed by atoms with Crippen LogP contribution in [0.4, 0.5) is 0 Å². The maximum atomic E-state index is 13.0. The Kier molecular flexibility index (Phi) is 6.54. The molecule has 1 spiro atoms. The van der Waals surface area contributed by atoms with Crippen LogP contribution >= 0.6 is 0 Å². The summed E-state index contributed by atoms with van der Waals surface area (Å²) in [5.41, 5.74) is 2.72. The minimum absolute atomic E-state index is 0.0134. The van der Waals surface area contributed by atoms with Gasteiger partial charge >= 0.3 is 0 Å². The molecule has 4 heterocycles. The lowest BCUT2D eigenvalue weighted by molar-refractivity contribution is 0.0400. The average Bonchev–Trinajstić information content (AvgIpc) is 3.31. The quantitative estimate of drug-likeness (QED) is 0.771. The Labute approximate surface area is 179 Å². The molecule has 0 aliphatic carbocycles. The second-order valence-corrected chi connectivity index (χ2v) is 8.91. The molecular formula is C24H34N4O2. The Hall–Kier alpha value is -2.18. The lowest BCUT2D eigenvalue weighted by Crippen LogP contribution is -2.54. The predicted molar refractivity (Wildman–Crippen MR) is 118 cm³/mol. The van der Waals surface area contributed by atoms with Gasteiger partial charge in [-0.2, -0.15) is 0 Å². The number of likely N-dealkylation sites (tertiary alicyclic amines) is 1. The van der Waals surface area contributed by atoms with Gasteiger partial charge in [-0.05, 0) is 71.3 Å². The third-order valence-corrected chi connectivity index (χ3v) is 7.04. The molecule has 0 unspecified atom stereocenters. The first-order valence-corrected chi connectivity index (χ1v) is 11.3. The average molecular weight is 411 g/mol. The maximum absolute atomic E-state index is 13.0. The van der Waals surface area contributed by atoms with Crippen LogP contribution < -0.4 is 5.32 Å². The molecule has 1 aromatic rings. The lowest BCUT2D eigenvalue weighted by atomic mass is 9.68. The summed E-state index contributed by atoms with van der Waals surface area (Å²) < 4.78 is 5.17. The lowest BCUT2D eigenvalue weighted by Gasteiger charge is -2.50. The fourth-order valence-electron chi connectivity index (χ4n) is 5.45. The van der Waals surface area contributed by atoms with E-state index in [2.05, 4.69) is 46.6 Å². The van der Waals surface area contributed by atoms with E-state index in [1.54, 1.807) is 12.3 Å². The fraction of sp³-hybridized carbons (Fsp3) is 0.583. The zero-order valence-corrected chi connectivity index (χ0v) is 18.3.